The Hall–Kier alpha value is -2.40. The van der Waals surface area contributed by atoms with Crippen molar-refractivity contribution in [3.8, 4) is 23.3 Å². The maximum absolute atomic E-state index is 9.09. The van der Waals surface area contributed by atoms with Crippen molar-refractivity contribution < 1.29 is 9.84 Å². The van der Waals surface area contributed by atoms with Gasteiger partial charge in [-0.1, -0.05) is 30.0 Å². The first-order valence-electron chi connectivity index (χ1n) is 5.30. The Balaban J connectivity index is 1.88. The van der Waals surface area contributed by atoms with Crippen molar-refractivity contribution >= 4 is 0 Å². The maximum Gasteiger partial charge on any atom is 0.149 e. The van der Waals surface area contributed by atoms with E-state index in [2.05, 4.69) is 11.8 Å². The lowest BCUT2D eigenvalue weighted by Crippen LogP contribution is -1.93. The highest BCUT2D eigenvalue weighted by Gasteiger charge is 1.91. The molecule has 17 heavy (non-hydrogen) atoms. The molecule has 0 aliphatic rings. The Labute approximate surface area is 100 Å². The second-order valence-electron chi connectivity index (χ2n) is 3.45. The van der Waals surface area contributed by atoms with E-state index in [9.17, 15) is 0 Å². The van der Waals surface area contributed by atoms with Crippen molar-refractivity contribution in [3.63, 3.8) is 0 Å². The van der Waals surface area contributed by atoms with Crippen molar-refractivity contribution in [1.29, 1.82) is 0 Å². The topological polar surface area (TPSA) is 29.5 Å². The molecule has 0 amide bonds. The van der Waals surface area contributed by atoms with Gasteiger partial charge in [0.05, 0.1) is 0 Å². The molecule has 0 heterocycles. The minimum absolute atomic E-state index is 0.229. The standard InChI is InChI=1S/C15H12O2/c16-14-8-10-15(11-9-14)17-12-4-7-13-5-2-1-3-6-13/h1-3,5-6,8-11,16H,12H2. The molecule has 84 valence electrons. The second-order valence-corrected chi connectivity index (χ2v) is 3.45. The molecular formula is C15H12O2. The smallest absolute Gasteiger partial charge is 0.149 e. The molecule has 0 bridgehead atoms. The first-order chi connectivity index (χ1) is 8.34. The Morgan fingerprint density at radius 3 is 2.35 bits per heavy atom. The third-order valence-corrected chi connectivity index (χ3v) is 2.15. The molecule has 2 rings (SSSR count). The highest BCUT2D eigenvalue weighted by molar-refractivity contribution is 5.34. The molecule has 2 aromatic rings. The van der Waals surface area contributed by atoms with Crippen molar-refractivity contribution in [3.05, 3.63) is 60.2 Å². The monoisotopic (exact) mass is 224 g/mol. The Kier molecular flexibility index (Phi) is 3.67. The molecular weight excluding hydrogens is 212 g/mol. The van der Waals surface area contributed by atoms with Crippen LogP contribution in [0.2, 0.25) is 0 Å². The number of aromatic hydroxyl groups is 1. The van der Waals surface area contributed by atoms with Crippen molar-refractivity contribution in [2.45, 2.75) is 0 Å². The first kappa shape index (κ1) is 11.1. The lowest BCUT2D eigenvalue weighted by Gasteiger charge is -2.00. The van der Waals surface area contributed by atoms with Crippen LogP contribution in [0.15, 0.2) is 54.6 Å². The summed E-state index contributed by atoms with van der Waals surface area (Å²) in [6, 6.07) is 16.3. The molecule has 0 aliphatic heterocycles. The molecule has 0 spiro atoms. The van der Waals surface area contributed by atoms with Gasteiger partial charge in [0.25, 0.3) is 0 Å². The molecule has 0 radical (unpaired) electrons. The van der Waals surface area contributed by atoms with E-state index in [1.54, 1.807) is 24.3 Å². The quantitative estimate of drug-likeness (QED) is 0.795. The van der Waals surface area contributed by atoms with Gasteiger partial charge in [-0.2, -0.15) is 0 Å². The van der Waals surface area contributed by atoms with Gasteiger partial charge in [-0.25, -0.2) is 0 Å². The van der Waals surface area contributed by atoms with Crippen molar-refractivity contribution in [1.82, 2.24) is 0 Å². The van der Waals surface area contributed by atoms with Crippen LogP contribution in [-0.4, -0.2) is 11.7 Å². The van der Waals surface area contributed by atoms with Crippen LogP contribution in [-0.2, 0) is 0 Å². The molecule has 2 aromatic carbocycles. The van der Waals surface area contributed by atoms with Gasteiger partial charge in [0, 0.05) is 5.56 Å². The minimum Gasteiger partial charge on any atom is -0.508 e. The number of rotatable bonds is 2. The number of hydrogen-bond donors (Lipinski definition) is 1. The van der Waals surface area contributed by atoms with Gasteiger partial charge in [0.15, 0.2) is 0 Å². The van der Waals surface area contributed by atoms with Crippen LogP contribution in [0.5, 0.6) is 11.5 Å². The summed E-state index contributed by atoms with van der Waals surface area (Å²) in [7, 11) is 0. The largest absolute Gasteiger partial charge is 0.508 e. The predicted molar refractivity (Wildman–Crippen MR) is 66.9 cm³/mol. The molecule has 1 N–H and O–H groups in total. The zero-order chi connectivity index (χ0) is 11.9. The van der Waals surface area contributed by atoms with Crippen LogP contribution in [0.3, 0.4) is 0 Å². The zero-order valence-corrected chi connectivity index (χ0v) is 9.26. The number of benzene rings is 2. The fourth-order valence-electron chi connectivity index (χ4n) is 1.32. The summed E-state index contributed by atoms with van der Waals surface area (Å²) in [4.78, 5) is 0. The van der Waals surface area contributed by atoms with E-state index in [0.717, 1.165) is 5.56 Å². The lowest BCUT2D eigenvalue weighted by atomic mass is 10.2. The lowest BCUT2D eigenvalue weighted by molar-refractivity contribution is 0.369. The number of ether oxygens (including phenoxy) is 1. The summed E-state index contributed by atoms with van der Waals surface area (Å²) in [5.41, 5.74) is 0.974. The number of phenols is 1. The van der Waals surface area contributed by atoms with Crippen LogP contribution >= 0.6 is 0 Å². The molecule has 0 saturated heterocycles. The SMILES string of the molecule is Oc1ccc(OCC#Cc2ccccc2)cc1. The third kappa shape index (κ3) is 3.58. The fraction of sp³-hybridized carbons (Fsp3) is 0.0667. The van der Waals surface area contributed by atoms with E-state index in [-0.39, 0.29) is 5.75 Å². The molecule has 2 heteroatoms. The highest BCUT2D eigenvalue weighted by atomic mass is 16.5. The van der Waals surface area contributed by atoms with Gasteiger partial charge in [-0.05, 0) is 36.4 Å². The van der Waals surface area contributed by atoms with E-state index in [4.69, 9.17) is 9.84 Å². The Morgan fingerprint density at radius 1 is 0.941 bits per heavy atom. The second kappa shape index (κ2) is 5.62. The van der Waals surface area contributed by atoms with Gasteiger partial charge < -0.3 is 9.84 Å². The van der Waals surface area contributed by atoms with Gasteiger partial charge in [-0.15, -0.1) is 0 Å². The third-order valence-electron chi connectivity index (χ3n) is 2.15. The summed E-state index contributed by atoms with van der Waals surface area (Å²) >= 11 is 0. The van der Waals surface area contributed by atoms with E-state index in [1.165, 1.54) is 0 Å². The summed E-state index contributed by atoms with van der Waals surface area (Å²) in [6.45, 7) is 0.333. The number of hydrogen-bond acceptors (Lipinski definition) is 2. The van der Waals surface area contributed by atoms with E-state index in [1.807, 2.05) is 30.3 Å². The van der Waals surface area contributed by atoms with Crippen molar-refractivity contribution in [2.75, 3.05) is 6.61 Å². The molecule has 0 fully saturated rings. The van der Waals surface area contributed by atoms with Gasteiger partial charge in [0.1, 0.15) is 18.1 Å². The minimum atomic E-state index is 0.229. The van der Waals surface area contributed by atoms with Crippen LogP contribution in [0.4, 0.5) is 0 Å². The summed E-state index contributed by atoms with van der Waals surface area (Å²) in [6.07, 6.45) is 0. The van der Waals surface area contributed by atoms with Gasteiger partial charge in [-0.3, -0.25) is 0 Å². The Bertz CT molecular complexity index is 518. The van der Waals surface area contributed by atoms with Crippen LogP contribution in [0.25, 0.3) is 0 Å². The van der Waals surface area contributed by atoms with E-state index in [0.29, 0.717) is 12.4 Å². The normalized spacial score (nSPS) is 9.18. The van der Waals surface area contributed by atoms with Gasteiger partial charge >= 0.3 is 0 Å². The summed E-state index contributed by atoms with van der Waals surface area (Å²) < 4.78 is 5.40. The number of phenolic OH excluding ortho intramolecular Hbond substituents is 1. The van der Waals surface area contributed by atoms with Crippen molar-refractivity contribution in [2.24, 2.45) is 0 Å². The van der Waals surface area contributed by atoms with Crippen LogP contribution < -0.4 is 4.74 Å². The predicted octanol–water partition coefficient (Wildman–Crippen LogP) is 2.82. The molecule has 2 nitrogen and oxygen atoms in total. The molecule has 0 unspecified atom stereocenters. The zero-order valence-electron chi connectivity index (χ0n) is 9.26. The fourth-order valence-corrected chi connectivity index (χ4v) is 1.32. The molecule has 0 saturated carbocycles. The summed E-state index contributed by atoms with van der Waals surface area (Å²) in [5, 5.41) is 9.09. The van der Waals surface area contributed by atoms with E-state index >= 15 is 0 Å². The average Bonchev–Trinajstić information content (AvgIpc) is 2.38. The van der Waals surface area contributed by atoms with Gasteiger partial charge in [0.2, 0.25) is 0 Å². The highest BCUT2D eigenvalue weighted by Crippen LogP contribution is 2.15. The molecule has 0 aromatic heterocycles. The summed E-state index contributed by atoms with van der Waals surface area (Å²) in [5.74, 6) is 6.86. The molecule has 0 atom stereocenters. The van der Waals surface area contributed by atoms with Crippen LogP contribution in [0, 0.1) is 11.8 Å². The van der Waals surface area contributed by atoms with E-state index < -0.39 is 0 Å². The first-order valence-corrected chi connectivity index (χ1v) is 5.30. The Morgan fingerprint density at radius 2 is 1.65 bits per heavy atom. The molecule has 0 aliphatic carbocycles. The van der Waals surface area contributed by atoms with Crippen LogP contribution in [0.1, 0.15) is 5.56 Å². The maximum atomic E-state index is 9.09. The average molecular weight is 224 g/mol.